The molecule has 0 aromatic heterocycles. The zero-order valence-corrected chi connectivity index (χ0v) is 21.7. The molecule has 0 heterocycles. The minimum atomic E-state index is -0.673. The van der Waals surface area contributed by atoms with Crippen LogP contribution in [0.4, 0.5) is 0 Å². The van der Waals surface area contributed by atoms with Gasteiger partial charge in [0.15, 0.2) is 0 Å². The third kappa shape index (κ3) is 5.63. The molecule has 6 heteroatoms. The first-order valence-electron chi connectivity index (χ1n) is 12.1. The van der Waals surface area contributed by atoms with Gasteiger partial charge in [0.1, 0.15) is 17.1 Å². The van der Waals surface area contributed by atoms with Crippen molar-refractivity contribution in [1.82, 2.24) is 5.32 Å². The van der Waals surface area contributed by atoms with E-state index in [1.807, 2.05) is 54.6 Å². The van der Waals surface area contributed by atoms with Crippen LogP contribution in [0.5, 0.6) is 11.5 Å². The Morgan fingerprint density at radius 1 is 0.784 bits per heavy atom. The molecule has 1 N–H and O–H groups in total. The molecule has 0 aliphatic rings. The lowest BCUT2D eigenvalue weighted by Gasteiger charge is -2.37. The van der Waals surface area contributed by atoms with E-state index in [2.05, 4.69) is 35.6 Å². The second-order valence-electron chi connectivity index (χ2n) is 8.42. The lowest BCUT2D eigenvalue weighted by molar-refractivity contribution is 0.0592. The number of hydrogen-bond acceptors (Lipinski definition) is 5. The van der Waals surface area contributed by atoms with Gasteiger partial charge >= 0.3 is 5.97 Å². The van der Waals surface area contributed by atoms with Crippen molar-refractivity contribution in [1.29, 1.82) is 0 Å². The molecule has 0 spiro atoms. The number of nitrogens with one attached hydrogen (secondary N) is 1. The summed E-state index contributed by atoms with van der Waals surface area (Å²) in [5.74, 6) is 0.333. The van der Waals surface area contributed by atoms with Gasteiger partial charge < -0.3 is 14.2 Å². The number of hydrogen-bond donors (Lipinski definition) is 1. The highest BCUT2D eigenvalue weighted by molar-refractivity contribution is 6.31. The Hall–Kier alpha value is -3.80. The van der Waals surface area contributed by atoms with Crippen molar-refractivity contribution >= 4 is 17.6 Å². The molecule has 0 aliphatic carbocycles. The maximum Gasteiger partial charge on any atom is 0.345 e. The maximum atomic E-state index is 12.3. The fourth-order valence-electron chi connectivity index (χ4n) is 4.55. The van der Waals surface area contributed by atoms with Crippen LogP contribution in [0.1, 0.15) is 33.5 Å². The topological polar surface area (TPSA) is 56.8 Å². The third-order valence-electron chi connectivity index (χ3n) is 6.26. The summed E-state index contributed by atoms with van der Waals surface area (Å²) in [6, 6.07) is 33.7. The van der Waals surface area contributed by atoms with E-state index in [1.54, 1.807) is 18.2 Å². The molecular weight excluding hydrogens is 486 g/mol. The van der Waals surface area contributed by atoms with Crippen LogP contribution in [0.3, 0.4) is 0 Å². The monoisotopic (exact) mass is 515 g/mol. The average Bonchev–Trinajstić information content (AvgIpc) is 2.96. The number of rotatable bonds is 11. The summed E-state index contributed by atoms with van der Waals surface area (Å²) in [6.07, 6.45) is 0.670. The Bertz CT molecular complexity index is 1270. The van der Waals surface area contributed by atoms with E-state index < -0.39 is 11.5 Å². The first-order chi connectivity index (χ1) is 18.1. The van der Waals surface area contributed by atoms with Crippen LogP contribution in [0.2, 0.25) is 5.02 Å². The van der Waals surface area contributed by atoms with Gasteiger partial charge in [0, 0.05) is 5.02 Å². The maximum absolute atomic E-state index is 12.3. The van der Waals surface area contributed by atoms with Crippen molar-refractivity contribution in [3.8, 4) is 11.5 Å². The molecule has 0 atom stereocenters. The molecule has 0 unspecified atom stereocenters. The van der Waals surface area contributed by atoms with E-state index >= 15 is 0 Å². The summed E-state index contributed by atoms with van der Waals surface area (Å²) in [5.41, 5.74) is 2.73. The van der Waals surface area contributed by atoms with Gasteiger partial charge in [0.2, 0.25) is 0 Å². The van der Waals surface area contributed by atoms with Crippen LogP contribution in [-0.4, -0.2) is 33.3 Å². The Morgan fingerprint density at radius 2 is 1.38 bits per heavy atom. The summed E-state index contributed by atoms with van der Waals surface area (Å²) in [4.78, 5) is 12.3. The fraction of sp³-hybridized carbons (Fsp3) is 0.194. The molecule has 0 fully saturated rings. The minimum Gasteiger partial charge on any atom is -0.496 e. The van der Waals surface area contributed by atoms with Crippen molar-refractivity contribution < 1.29 is 19.0 Å². The molecule has 0 saturated carbocycles. The molecule has 190 valence electrons. The first-order valence-corrected chi connectivity index (χ1v) is 12.5. The number of ether oxygens (including phenoxy) is 3. The number of carbonyl (C=O) groups excluding carboxylic acids is 1. The van der Waals surface area contributed by atoms with Gasteiger partial charge in [0.25, 0.3) is 0 Å². The molecule has 5 nitrogen and oxygen atoms in total. The van der Waals surface area contributed by atoms with Crippen LogP contribution < -0.4 is 14.8 Å². The summed E-state index contributed by atoms with van der Waals surface area (Å²) >= 11 is 6.80. The molecule has 0 bridgehead atoms. The lowest BCUT2D eigenvalue weighted by Crippen LogP contribution is -2.45. The van der Waals surface area contributed by atoms with E-state index in [0.717, 1.165) is 16.7 Å². The molecule has 37 heavy (non-hydrogen) atoms. The molecule has 0 saturated heterocycles. The molecule has 0 aliphatic heterocycles. The summed E-state index contributed by atoms with van der Waals surface area (Å²) in [6.45, 7) is 0.999. The number of methoxy groups -OCH3 is 2. The normalized spacial score (nSPS) is 11.1. The summed E-state index contributed by atoms with van der Waals surface area (Å²) in [7, 11) is 2.85. The largest absolute Gasteiger partial charge is 0.496 e. The van der Waals surface area contributed by atoms with Crippen molar-refractivity contribution in [2.24, 2.45) is 0 Å². The second kappa shape index (κ2) is 12.4. The van der Waals surface area contributed by atoms with Gasteiger partial charge in [-0.3, -0.25) is 5.32 Å². The number of benzene rings is 4. The van der Waals surface area contributed by atoms with Gasteiger partial charge in [-0.1, -0.05) is 96.5 Å². The SMILES string of the molecule is COC(=O)c1c(OC)cccc1OCCCNC(c1ccccc1)(c1ccccc1)c1ccccc1Cl. The highest BCUT2D eigenvalue weighted by atomic mass is 35.5. The molecule has 0 radical (unpaired) electrons. The predicted molar refractivity (Wildman–Crippen MR) is 147 cm³/mol. The van der Waals surface area contributed by atoms with Gasteiger partial charge in [0.05, 0.1) is 26.4 Å². The average molecular weight is 516 g/mol. The molecular formula is C31H30ClNO4. The zero-order valence-electron chi connectivity index (χ0n) is 20.9. The second-order valence-corrected chi connectivity index (χ2v) is 8.82. The fourth-order valence-corrected chi connectivity index (χ4v) is 4.83. The Kier molecular flexibility index (Phi) is 8.83. The zero-order chi connectivity index (χ0) is 26.1. The van der Waals surface area contributed by atoms with Crippen LogP contribution in [-0.2, 0) is 10.3 Å². The Morgan fingerprint density at radius 3 is 1.97 bits per heavy atom. The highest BCUT2D eigenvalue weighted by Crippen LogP contribution is 2.40. The minimum absolute atomic E-state index is 0.277. The Labute approximate surface area is 223 Å². The van der Waals surface area contributed by atoms with Crippen LogP contribution in [0.15, 0.2) is 103 Å². The van der Waals surface area contributed by atoms with Crippen molar-refractivity contribution in [2.75, 3.05) is 27.4 Å². The van der Waals surface area contributed by atoms with Gasteiger partial charge in [-0.2, -0.15) is 0 Å². The van der Waals surface area contributed by atoms with E-state index in [4.69, 9.17) is 25.8 Å². The van der Waals surface area contributed by atoms with Crippen LogP contribution in [0.25, 0.3) is 0 Å². The molecule has 4 aromatic rings. The van der Waals surface area contributed by atoms with Crippen molar-refractivity contribution in [3.05, 3.63) is 130 Å². The number of halogens is 1. The van der Waals surface area contributed by atoms with Gasteiger partial charge in [-0.25, -0.2) is 4.79 Å². The third-order valence-corrected chi connectivity index (χ3v) is 6.59. The molecule has 4 aromatic carbocycles. The van der Waals surface area contributed by atoms with Gasteiger partial charge in [-0.05, 0) is 47.9 Å². The Balaban J connectivity index is 1.61. The van der Waals surface area contributed by atoms with Gasteiger partial charge in [-0.15, -0.1) is 0 Å². The van der Waals surface area contributed by atoms with E-state index in [1.165, 1.54) is 14.2 Å². The highest BCUT2D eigenvalue weighted by Gasteiger charge is 2.37. The van der Waals surface area contributed by atoms with Crippen molar-refractivity contribution in [2.45, 2.75) is 12.0 Å². The quantitative estimate of drug-likeness (QED) is 0.141. The van der Waals surface area contributed by atoms with E-state index in [0.29, 0.717) is 36.1 Å². The standard InChI is InChI=1S/C31H30ClNO4/c1-35-27-19-11-20-28(29(27)30(34)36-2)37-22-12-21-33-31(23-13-5-3-6-14-23,24-15-7-4-8-16-24)25-17-9-10-18-26(25)32/h3-11,13-20,33H,12,21-22H2,1-2H3. The number of esters is 1. The molecule has 0 amide bonds. The lowest BCUT2D eigenvalue weighted by atomic mass is 9.77. The van der Waals surface area contributed by atoms with Crippen LogP contribution >= 0.6 is 11.6 Å². The first kappa shape index (κ1) is 26.3. The summed E-state index contributed by atoms with van der Waals surface area (Å²) in [5, 5.41) is 4.48. The predicted octanol–water partition coefficient (Wildman–Crippen LogP) is 6.49. The summed E-state index contributed by atoms with van der Waals surface area (Å²) < 4.78 is 16.3. The van der Waals surface area contributed by atoms with Crippen LogP contribution in [0, 0.1) is 0 Å². The smallest absolute Gasteiger partial charge is 0.345 e. The molecule has 4 rings (SSSR count). The van der Waals surface area contributed by atoms with E-state index in [-0.39, 0.29) is 5.56 Å². The number of carbonyl (C=O) groups is 1. The van der Waals surface area contributed by atoms with Crippen molar-refractivity contribution in [3.63, 3.8) is 0 Å². The van der Waals surface area contributed by atoms with E-state index in [9.17, 15) is 4.79 Å².